The number of hydrogen-bond acceptors (Lipinski definition) is 6. The molecule has 0 radical (unpaired) electrons. The SMILES string of the molecule is COCCCn1cnnc1C(C)NC(=O)c1cnc2c(c1)ncn2Cc1ccccc1. The minimum Gasteiger partial charge on any atom is -0.385 e. The number of carbonyl (C=O) groups is 1. The Morgan fingerprint density at radius 1 is 1.16 bits per heavy atom. The number of imidazole rings is 1. The summed E-state index contributed by atoms with van der Waals surface area (Å²) in [7, 11) is 1.67. The number of benzene rings is 1. The van der Waals surface area contributed by atoms with Crippen LogP contribution in [0.5, 0.6) is 0 Å². The van der Waals surface area contributed by atoms with Crippen molar-refractivity contribution in [1.29, 1.82) is 0 Å². The summed E-state index contributed by atoms with van der Waals surface area (Å²) in [4.78, 5) is 21.7. The molecule has 0 aliphatic rings. The van der Waals surface area contributed by atoms with Gasteiger partial charge in [-0.05, 0) is 25.0 Å². The molecule has 4 aromatic rings. The molecule has 9 nitrogen and oxygen atoms in total. The summed E-state index contributed by atoms with van der Waals surface area (Å²) in [6.45, 7) is 3.94. The van der Waals surface area contributed by atoms with Crippen LogP contribution in [0.2, 0.25) is 0 Å². The molecular weight excluding hydrogens is 394 g/mol. The van der Waals surface area contributed by atoms with E-state index in [0.29, 0.717) is 30.1 Å². The lowest BCUT2D eigenvalue weighted by Crippen LogP contribution is -2.29. The molecule has 1 N–H and O–H groups in total. The van der Waals surface area contributed by atoms with Crippen molar-refractivity contribution in [3.8, 4) is 0 Å². The van der Waals surface area contributed by atoms with Crippen molar-refractivity contribution in [3.05, 3.63) is 72.2 Å². The smallest absolute Gasteiger partial charge is 0.253 e. The minimum atomic E-state index is -0.302. The first-order chi connectivity index (χ1) is 15.2. The molecule has 160 valence electrons. The maximum Gasteiger partial charge on any atom is 0.253 e. The summed E-state index contributed by atoms with van der Waals surface area (Å²) in [6.07, 6.45) is 5.84. The Labute approximate surface area is 180 Å². The fraction of sp³-hybridized carbons (Fsp3) is 0.318. The molecule has 1 atom stereocenters. The molecule has 0 saturated carbocycles. The van der Waals surface area contributed by atoms with E-state index < -0.39 is 0 Å². The summed E-state index contributed by atoms with van der Waals surface area (Å²) in [5, 5.41) is 11.1. The first kappa shape index (κ1) is 20.7. The topological polar surface area (TPSA) is 99.8 Å². The van der Waals surface area contributed by atoms with Crippen LogP contribution in [0.1, 0.15) is 41.1 Å². The zero-order chi connectivity index (χ0) is 21.6. The van der Waals surface area contributed by atoms with Gasteiger partial charge in [-0.3, -0.25) is 4.79 Å². The van der Waals surface area contributed by atoms with E-state index in [1.54, 1.807) is 32.0 Å². The van der Waals surface area contributed by atoms with Gasteiger partial charge in [0.15, 0.2) is 11.5 Å². The normalized spacial score (nSPS) is 12.2. The third kappa shape index (κ3) is 4.77. The van der Waals surface area contributed by atoms with Crippen LogP contribution in [-0.4, -0.2) is 48.9 Å². The fourth-order valence-corrected chi connectivity index (χ4v) is 3.46. The van der Waals surface area contributed by atoms with Gasteiger partial charge in [0.25, 0.3) is 5.91 Å². The van der Waals surface area contributed by atoms with Gasteiger partial charge in [-0.15, -0.1) is 10.2 Å². The van der Waals surface area contributed by atoms with Gasteiger partial charge in [-0.25, -0.2) is 9.97 Å². The molecule has 1 unspecified atom stereocenters. The van der Waals surface area contributed by atoms with Crippen LogP contribution in [0.25, 0.3) is 11.2 Å². The van der Waals surface area contributed by atoms with Crippen LogP contribution in [0.4, 0.5) is 0 Å². The molecule has 3 aromatic heterocycles. The van der Waals surface area contributed by atoms with Gasteiger partial charge in [0.1, 0.15) is 11.8 Å². The summed E-state index contributed by atoms with van der Waals surface area (Å²) in [5.41, 5.74) is 3.04. The number of rotatable bonds is 9. The Morgan fingerprint density at radius 3 is 2.81 bits per heavy atom. The number of aromatic nitrogens is 6. The van der Waals surface area contributed by atoms with E-state index in [1.807, 2.05) is 34.3 Å². The Kier molecular flexibility index (Phi) is 6.32. The molecule has 31 heavy (non-hydrogen) atoms. The van der Waals surface area contributed by atoms with Crippen LogP contribution in [0, 0.1) is 0 Å². The molecule has 0 aliphatic carbocycles. The van der Waals surface area contributed by atoms with Crippen LogP contribution in [0.3, 0.4) is 0 Å². The molecule has 0 aliphatic heterocycles. The summed E-state index contributed by atoms with van der Waals surface area (Å²) >= 11 is 0. The summed E-state index contributed by atoms with van der Waals surface area (Å²) in [5.74, 6) is 0.469. The Bertz CT molecular complexity index is 1150. The monoisotopic (exact) mass is 419 g/mol. The zero-order valence-electron chi connectivity index (χ0n) is 17.6. The lowest BCUT2D eigenvalue weighted by atomic mass is 10.2. The molecule has 0 spiro atoms. The molecule has 0 fully saturated rings. The predicted octanol–water partition coefficient (Wildman–Crippen LogP) is 2.60. The average molecular weight is 419 g/mol. The van der Waals surface area contributed by atoms with Gasteiger partial charge >= 0.3 is 0 Å². The number of pyridine rings is 1. The number of fused-ring (bicyclic) bond motifs is 1. The first-order valence-electron chi connectivity index (χ1n) is 10.2. The highest BCUT2D eigenvalue weighted by molar-refractivity contribution is 5.96. The maximum absolute atomic E-state index is 12.8. The third-order valence-electron chi connectivity index (χ3n) is 5.04. The van der Waals surface area contributed by atoms with Crippen LogP contribution in [0.15, 0.2) is 55.2 Å². The predicted molar refractivity (Wildman–Crippen MR) is 115 cm³/mol. The number of nitrogens with one attached hydrogen (secondary N) is 1. The van der Waals surface area contributed by atoms with Crippen molar-refractivity contribution in [2.24, 2.45) is 0 Å². The largest absolute Gasteiger partial charge is 0.385 e. The number of aryl methyl sites for hydroxylation is 1. The minimum absolute atomic E-state index is 0.231. The zero-order valence-corrected chi connectivity index (χ0v) is 17.6. The lowest BCUT2D eigenvalue weighted by Gasteiger charge is -2.15. The third-order valence-corrected chi connectivity index (χ3v) is 5.04. The van der Waals surface area contributed by atoms with Crippen molar-refractivity contribution >= 4 is 17.1 Å². The Morgan fingerprint density at radius 2 is 2.00 bits per heavy atom. The van der Waals surface area contributed by atoms with E-state index >= 15 is 0 Å². The first-order valence-corrected chi connectivity index (χ1v) is 10.2. The molecule has 0 saturated heterocycles. The molecule has 0 bridgehead atoms. The van der Waals surface area contributed by atoms with E-state index in [9.17, 15) is 4.79 Å². The summed E-state index contributed by atoms with van der Waals surface area (Å²) < 4.78 is 8.99. The molecular formula is C22H25N7O2. The average Bonchev–Trinajstić information content (AvgIpc) is 3.41. The van der Waals surface area contributed by atoms with Crippen LogP contribution < -0.4 is 5.32 Å². The van der Waals surface area contributed by atoms with Crippen molar-refractivity contribution in [3.63, 3.8) is 0 Å². The standard InChI is InChI=1S/C22H25N7O2/c1-16(20-27-25-15-28(20)9-6-10-31-2)26-22(30)18-11-19-21(23-12-18)29(14-24-19)13-17-7-4-3-5-8-17/h3-5,7-8,11-12,14-16H,6,9-10,13H2,1-2H3,(H,26,30). The van der Waals surface area contributed by atoms with Crippen molar-refractivity contribution < 1.29 is 9.53 Å². The number of carbonyl (C=O) groups excluding carboxylic acids is 1. The number of hydrogen-bond donors (Lipinski definition) is 1. The van der Waals surface area contributed by atoms with Gasteiger partial charge in [-0.2, -0.15) is 0 Å². The highest BCUT2D eigenvalue weighted by Crippen LogP contribution is 2.16. The molecule has 1 amide bonds. The lowest BCUT2D eigenvalue weighted by molar-refractivity contribution is 0.0937. The van der Waals surface area contributed by atoms with E-state index in [-0.39, 0.29) is 11.9 Å². The second-order valence-electron chi connectivity index (χ2n) is 7.35. The van der Waals surface area contributed by atoms with Crippen LogP contribution >= 0.6 is 0 Å². The quantitative estimate of drug-likeness (QED) is 0.419. The Hall–Kier alpha value is -3.59. The van der Waals surface area contributed by atoms with Gasteiger partial charge in [0.05, 0.1) is 24.5 Å². The number of amides is 1. The molecule has 1 aromatic carbocycles. The fourth-order valence-electron chi connectivity index (χ4n) is 3.46. The highest BCUT2D eigenvalue weighted by Gasteiger charge is 2.18. The van der Waals surface area contributed by atoms with Gasteiger partial charge in [-0.1, -0.05) is 30.3 Å². The maximum atomic E-state index is 12.8. The Balaban J connectivity index is 1.45. The van der Waals surface area contributed by atoms with E-state index in [2.05, 4.69) is 37.6 Å². The van der Waals surface area contributed by atoms with E-state index in [4.69, 9.17) is 4.74 Å². The van der Waals surface area contributed by atoms with Gasteiger partial charge in [0.2, 0.25) is 0 Å². The van der Waals surface area contributed by atoms with Crippen molar-refractivity contribution in [1.82, 2.24) is 34.6 Å². The summed E-state index contributed by atoms with van der Waals surface area (Å²) in [6, 6.07) is 11.6. The van der Waals surface area contributed by atoms with Crippen LogP contribution in [-0.2, 0) is 17.8 Å². The highest BCUT2D eigenvalue weighted by atomic mass is 16.5. The second kappa shape index (κ2) is 9.48. The number of methoxy groups -OCH3 is 1. The van der Waals surface area contributed by atoms with Crippen molar-refractivity contribution in [2.45, 2.75) is 32.5 Å². The molecule has 9 heteroatoms. The van der Waals surface area contributed by atoms with Crippen molar-refractivity contribution in [2.75, 3.05) is 13.7 Å². The number of nitrogens with zero attached hydrogens (tertiary/aromatic N) is 6. The van der Waals surface area contributed by atoms with Gasteiger partial charge in [0, 0.05) is 26.5 Å². The van der Waals surface area contributed by atoms with E-state index in [1.165, 1.54) is 0 Å². The molecule has 3 heterocycles. The second-order valence-corrected chi connectivity index (χ2v) is 7.35. The van der Waals surface area contributed by atoms with E-state index in [0.717, 1.165) is 24.2 Å². The molecule has 4 rings (SSSR count). The van der Waals surface area contributed by atoms with Gasteiger partial charge < -0.3 is 19.2 Å². The number of ether oxygens (including phenoxy) is 1.